The standard InChI is InChI=1S/C12H10O2.C2H6/c13-10-6-7-12(14)11(8-10)9-4-2-1-3-5-9;1-2/h1-8,13-14H;1-2H3. The molecule has 0 heterocycles. The molecule has 0 saturated heterocycles. The highest BCUT2D eigenvalue weighted by Crippen LogP contribution is 2.31. The zero-order valence-corrected chi connectivity index (χ0v) is 9.51. The minimum atomic E-state index is 0.154. The highest BCUT2D eigenvalue weighted by atomic mass is 16.3. The minimum absolute atomic E-state index is 0.154. The molecule has 2 nitrogen and oxygen atoms in total. The van der Waals surface area contributed by atoms with E-state index in [2.05, 4.69) is 0 Å². The third kappa shape index (κ3) is 2.76. The molecule has 2 heteroatoms. The number of aromatic hydroxyl groups is 2. The number of rotatable bonds is 1. The number of phenols is 2. The van der Waals surface area contributed by atoms with Crippen LogP contribution in [0.15, 0.2) is 48.5 Å². The first kappa shape index (κ1) is 12.1. The molecular formula is C14H16O2. The lowest BCUT2D eigenvalue weighted by molar-refractivity contribution is 0.462. The second-order valence-corrected chi connectivity index (χ2v) is 3.07. The fourth-order valence-corrected chi connectivity index (χ4v) is 1.37. The van der Waals surface area contributed by atoms with Crippen LogP contribution in [0.4, 0.5) is 0 Å². The summed E-state index contributed by atoms with van der Waals surface area (Å²) >= 11 is 0. The first-order valence-electron chi connectivity index (χ1n) is 5.35. The highest BCUT2D eigenvalue weighted by Gasteiger charge is 2.03. The SMILES string of the molecule is CC.Oc1ccc(O)c(-c2ccccc2)c1. The maximum absolute atomic E-state index is 9.58. The van der Waals surface area contributed by atoms with E-state index in [4.69, 9.17) is 0 Å². The quantitative estimate of drug-likeness (QED) is 0.712. The summed E-state index contributed by atoms with van der Waals surface area (Å²) in [5, 5.41) is 18.9. The first-order chi connectivity index (χ1) is 7.77. The number of phenolic OH excluding ortho intramolecular Hbond substituents is 2. The summed E-state index contributed by atoms with van der Waals surface area (Å²) in [4.78, 5) is 0. The van der Waals surface area contributed by atoms with Crippen LogP contribution in [0.5, 0.6) is 11.5 Å². The lowest BCUT2D eigenvalue weighted by Crippen LogP contribution is -1.78. The van der Waals surface area contributed by atoms with E-state index >= 15 is 0 Å². The average molecular weight is 216 g/mol. The minimum Gasteiger partial charge on any atom is -0.508 e. The van der Waals surface area contributed by atoms with Crippen molar-refractivity contribution >= 4 is 0 Å². The van der Waals surface area contributed by atoms with Crippen molar-refractivity contribution in [2.75, 3.05) is 0 Å². The van der Waals surface area contributed by atoms with E-state index in [0.717, 1.165) is 5.56 Å². The Morgan fingerprint density at radius 2 is 1.44 bits per heavy atom. The molecule has 2 aromatic carbocycles. The van der Waals surface area contributed by atoms with E-state index in [1.54, 1.807) is 6.07 Å². The fraction of sp³-hybridized carbons (Fsp3) is 0.143. The summed E-state index contributed by atoms with van der Waals surface area (Å²) in [6.45, 7) is 4.00. The van der Waals surface area contributed by atoms with E-state index in [1.807, 2.05) is 44.2 Å². The van der Waals surface area contributed by atoms with Crippen molar-refractivity contribution in [3.63, 3.8) is 0 Å². The molecule has 2 N–H and O–H groups in total. The third-order valence-electron chi connectivity index (χ3n) is 2.06. The van der Waals surface area contributed by atoms with Crippen molar-refractivity contribution in [1.82, 2.24) is 0 Å². The number of hydrogen-bond acceptors (Lipinski definition) is 2. The van der Waals surface area contributed by atoms with Gasteiger partial charge in [0.2, 0.25) is 0 Å². The Bertz CT molecular complexity index is 436. The van der Waals surface area contributed by atoms with E-state index < -0.39 is 0 Å². The van der Waals surface area contributed by atoms with E-state index in [1.165, 1.54) is 12.1 Å². The molecule has 16 heavy (non-hydrogen) atoms. The molecule has 2 rings (SSSR count). The Labute approximate surface area is 95.8 Å². The van der Waals surface area contributed by atoms with Crippen LogP contribution in [0.1, 0.15) is 13.8 Å². The molecule has 0 aliphatic carbocycles. The van der Waals surface area contributed by atoms with Gasteiger partial charge in [0.15, 0.2) is 0 Å². The molecule has 0 spiro atoms. The van der Waals surface area contributed by atoms with Crippen LogP contribution < -0.4 is 0 Å². The Hall–Kier alpha value is -1.96. The maximum Gasteiger partial charge on any atom is 0.123 e. The summed E-state index contributed by atoms with van der Waals surface area (Å²) < 4.78 is 0. The van der Waals surface area contributed by atoms with Crippen LogP contribution in [-0.2, 0) is 0 Å². The van der Waals surface area contributed by atoms with Gasteiger partial charge < -0.3 is 10.2 Å². The van der Waals surface area contributed by atoms with Crippen molar-refractivity contribution in [3.05, 3.63) is 48.5 Å². The van der Waals surface area contributed by atoms with Gasteiger partial charge in [0, 0.05) is 5.56 Å². The van der Waals surface area contributed by atoms with Crippen molar-refractivity contribution in [3.8, 4) is 22.6 Å². The molecule has 0 atom stereocenters. The Morgan fingerprint density at radius 3 is 2.06 bits per heavy atom. The molecule has 0 amide bonds. The van der Waals surface area contributed by atoms with Gasteiger partial charge in [0.05, 0.1) is 0 Å². The van der Waals surface area contributed by atoms with Crippen molar-refractivity contribution < 1.29 is 10.2 Å². The molecule has 0 radical (unpaired) electrons. The van der Waals surface area contributed by atoms with Gasteiger partial charge in [-0.2, -0.15) is 0 Å². The van der Waals surface area contributed by atoms with Gasteiger partial charge in [-0.3, -0.25) is 0 Å². The summed E-state index contributed by atoms with van der Waals surface area (Å²) in [7, 11) is 0. The Kier molecular flexibility index (Phi) is 4.40. The van der Waals surface area contributed by atoms with Crippen LogP contribution >= 0.6 is 0 Å². The van der Waals surface area contributed by atoms with Crippen LogP contribution in [-0.4, -0.2) is 10.2 Å². The topological polar surface area (TPSA) is 40.5 Å². The second kappa shape index (κ2) is 5.81. The average Bonchev–Trinajstić information content (AvgIpc) is 2.36. The highest BCUT2D eigenvalue weighted by molar-refractivity contribution is 5.71. The molecule has 0 fully saturated rings. The lowest BCUT2D eigenvalue weighted by Gasteiger charge is -2.04. The predicted octanol–water partition coefficient (Wildman–Crippen LogP) is 3.79. The zero-order valence-electron chi connectivity index (χ0n) is 9.51. The number of benzene rings is 2. The van der Waals surface area contributed by atoms with Gasteiger partial charge in [-0.05, 0) is 23.8 Å². The van der Waals surface area contributed by atoms with Gasteiger partial charge in [-0.1, -0.05) is 44.2 Å². The van der Waals surface area contributed by atoms with Gasteiger partial charge in [-0.15, -0.1) is 0 Å². The Morgan fingerprint density at radius 1 is 0.812 bits per heavy atom. The molecule has 0 aromatic heterocycles. The molecular weight excluding hydrogens is 200 g/mol. The van der Waals surface area contributed by atoms with Gasteiger partial charge in [0.1, 0.15) is 11.5 Å². The summed E-state index contributed by atoms with van der Waals surface area (Å²) in [5.74, 6) is 0.329. The molecule has 84 valence electrons. The van der Waals surface area contributed by atoms with Crippen molar-refractivity contribution in [2.24, 2.45) is 0 Å². The number of hydrogen-bond donors (Lipinski definition) is 2. The fourth-order valence-electron chi connectivity index (χ4n) is 1.37. The molecule has 2 aromatic rings. The monoisotopic (exact) mass is 216 g/mol. The predicted molar refractivity (Wildman–Crippen MR) is 66.6 cm³/mol. The van der Waals surface area contributed by atoms with Crippen molar-refractivity contribution in [2.45, 2.75) is 13.8 Å². The molecule has 0 saturated carbocycles. The molecule has 0 aliphatic rings. The normalized spacial score (nSPS) is 9.12. The van der Waals surface area contributed by atoms with Gasteiger partial charge in [0.25, 0.3) is 0 Å². The van der Waals surface area contributed by atoms with Crippen LogP contribution in [0.25, 0.3) is 11.1 Å². The van der Waals surface area contributed by atoms with Gasteiger partial charge in [-0.25, -0.2) is 0 Å². The molecule has 0 aliphatic heterocycles. The van der Waals surface area contributed by atoms with E-state index in [0.29, 0.717) is 5.56 Å². The van der Waals surface area contributed by atoms with Gasteiger partial charge >= 0.3 is 0 Å². The first-order valence-corrected chi connectivity index (χ1v) is 5.35. The van der Waals surface area contributed by atoms with Crippen LogP contribution in [0.2, 0.25) is 0 Å². The van der Waals surface area contributed by atoms with Crippen LogP contribution in [0.3, 0.4) is 0 Å². The molecule has 0 bridgehead atoms. The van der Waals surface area contributed by atoms with Crippen molar-refractivity contribution in [1.29, 1.82) is 0 Å². The third-order valence-corrected chi connectivity index (χ3v) is 2.06. The maximum atomic E-state index is 9.58. The second-order valence-electron chi connectivity index (χ2n) is 3.07. The van der Waals surface area contributed by atoms with E-state index in [-0.39, 0.29) is 11.5 Å². The summed E-state index contributed by atoms with van der Waals surface area (Å²) in [5.41, 5.74) is 1.53. The smallest absolute Gasteiger partial charge is 0.123 e. The Balaban J connectivity index is 0.000000606. The van der Waals surface area contributed by atoms with Crippen LogP contribution in [0, 0.1) is 0 Å². The zero-order chi connectivity index (χ0) is 12.0. The lowest BCUT2D eigenvalue weighted by atomic mass is 10.0. The molecule has 0 unspecified atom stereocenters. The largest absolute Gasteiger partial charge is 0.508 e. The summed E-state index contributed by atoms with van der Waals surface area (Å²) in [6, 6.07) is 13.9. The van der Waals surface area contributed by atoms with E-state index in [9.17, 15) is 10.2 Å². The summed E-state index contributed by atoms with van der Waals surface area (Å²) in [6.07, 6.45) is 0.